The first-order valence-corrected chi connectivity index (χ1v) is 8.13. The van der Waals surface area contributed by atoms with Crippen molar-refractivity contribution in [2.45, 2.75) is 59.9 Å². The molecule has 0 bridgehead atoms. The molecule has 1 aromatic carbocycles. The van der Waals surface area contributed by atoms with Crippen LogP contribution < -0.4 is 0 Å². The Morgan fingerprint density at radius 2 is 1.67 bits per heavy atom. The summed E-state index contributed by atoms with van der Waals surface area (Å²) >= 11 is 0. The van der Waals surface area contributed by atoms with Crippen LogP contribution >= 0.6 is 0 Å². The molecule has 1 rings (SSSR count). The minimum atomic E-state index is 0.185. The molecular weight excluding hydrogens is 256 g/mol. The van der Waals surface area contributed by atoms with Gasteiger partial charge in [-0.25, -0.2) is 0 Å². The van der Waals surface area contributed by atoms with E-state index in [-0.39, 0.29) is 6.04 Å². The van der Waals surface area contributed by atoms with Crippen LogP contribution in [0.2, 0.25) is 0 Å². The third kappa shape index (κ3) is 5.11. The lowest BCUT2D eigenvalue weighted by Gasteiger charge is -2.23. The number of nitrogens with zero attached hydrogens (tertiary/aromatic N) is 2. The quantitative estimate of drug-likeness (QED) is 0.620. The lowest BCUT2D eigenvalue weighted by molar-refractivity contribution is 0.611. The highest BCUT2D eigenvalue weighted by Crippen LogP contribution is 2.26. The molecule has 21 heavy (non-hydrogen) atoms. The second-order valence-electron chi connectivity index (χ2n) is 5.75. The monoisotopic (exact) mass is 286 g/mol. The molecule has 0 N–H and O–H groups in total. The molecule has 0 saturated heterocycles. The second kappa shape index (κ2) is 8.76. The Morgan fingerprint density at radius 1 is 1.05 bits per heavy atom. The number of aliphatic imine (C=N–C) groups is 2. The van der Waals surface area contributed by atoms with Gasteiger partial charge >= 0.3 is 0 Å². The number of rotatable bonds is 7. The molecule has 0 aliphatic rings. The first-order chi connectivity index (χ1) is 10.0. The predicted molar refractivity (Wildman–Crippen MR) is 94.9 cm³/mol. The van der Waals surface area contributed by atoms with Crippen molar-refractivity contribution in [3.8, 4) is 0 Å². The molecule has 3 atom stereocenters. The van der Waals surface area contributed by atoms with E-state index in [1.54, 1.807) is 0 Å². The molecule has 0 radical (unpaired) electrons. The fourth-order valence-electron chi connectivity index (χ4n) is 2.59. The van der Waals surface area contributed by atoms with Crippen molar-refractivity contribution < 1.29 is 0 Å². The van der Waals surface area contributed by atoms with Gasteiger partial charge in [0.2, 0.25) is 0 Å². The molecule has 0 saturated carbocycles. The first-order valence-electron chi connectivity index (χ1n) is 8.13. The zero-order valence-corrected chi connectivity index (χ0v) is 14.4. The Balaban J connectivity index is 2.91. The van der Waals surface area contributed by atoms with E-state index >= 15 is 0 Å². The van der Waals surface area contributed by atoms with E-state index in [0.29, 0.717) is 11.8 Å². The molecule has 3 unspecified atom stereocenters. The van der Waals surface area contributed by atoms with Crippen LogP contribution in [0.5, 0.6) is 0 Å². The zero-order chi connectivity index (χ0) is 15.8. The van der Waals surface area contributed by atoms with Crippen LogP contribution in [0, 0.1) is 5.92 Å². The maximum absolute atomic E-state index is 4.95. The van der Waals surface area contributed by atoms with Crippen molar-refractivity contribution in [2.24, 2.45) is 15.9 Å². The normalized spacial score (nSPS) is 17.4. The Hall–Kier alpha value is -1.44. The molecular formula is C19H30N2. The van der Waals surface area contributed by atoms with E-state index in [0.717, 1.165) is 18.7 Å². The molecule has 0 fully saturated rings. The molecule has 2 heteroatoms. The van der Waals surface area contributed by atoms with Crippen molar-refractivity contribution >= 4 is 11.4 Å². The van der Waals surface area contributed by atoms with Gasteiger partial charge in [0.05, 0.1) is 6.04 Å². The summed E-state index contributed by atoms with van der Waals surface area (Å²) in [5.41, 5.74) is 3.81. The van der Waals surface area contributed by atoms with Crippen LogP contribution in [0.25, 0.3) is 0 Å². The van der Waals surface area contributed by atoms with Crippen LogP contribution in [0.1, 0.15) is 59.4 Å². The van der Waals surface area contributed by atoms with Crippen LogP contribution in [0.4, 0.5) is 0 Å². The number of hydrogen-bond acceptors (Lipinski definition) is 2. The average Bonchev–Trinajstić information content (AvgIpc) is 2.52. The van der Waals surface area contributed by atoms with Gasteiger partial charge in [0.15, 0.2) is 0 Å². The van der Waals surface area contributed by atoms with E-state index in [2.05, 4.69) is 76.9 Å². The maximum Gasteiger partial charge on any atom is 0.0844 e. The maximum atomic E-state index is 4.95. The van der Waals surface area contributed by atoms with Gasteiger partial charge in [0.1, 0.15) is 0 Å². The summed E-state index contributed by atoms with van der Waals surface area (Å²) in [5, 5.41) is 0. The highest BCUT2D eigenvalue weighted by molar-refractivity contribution is 5.93. The van der Waals surface area contributed by atoms with Crippen LogP contribution in [-0.4, -0.2) is 24.0 Å². The third-order valence-electron chi connectivity index (χ3n) is 4.33. The van der Waals surface area contributed by atoms with Gasteiger partial charge in [0.25, 0.3) is 0 Å². The summed E-state index contributed by atoms with van der Waals surface area (Å²) < 4.78 is 0. The van der Waals surface area contributed by atoms with Crippen molar-refractivity contribution in [1.29, 1.82) is 0 Å². The molecule has 0 aromatic heterocycles. The molecule has 0 heterocycles. The first kappa shape index (κ1) is 17.6. The number of benzene rings is 1. The van der Waals surface area contributed by atoms with E-state index < -0.39 is 0 Å². The SMILES string of the molecule is CCN=C(C)C(C)N=C(CC)C(C)C(C)c1ccccc1. The van der Waals surface area contributed by atoms with Gasteiger partial charge in [-0.05, 0) is 38.7 Å². The van der Waals surface area contributed by atoms with Gasteiger partial charge in [-0.3, -0.25) is 9.98 Å². The summed E-state index contributed by atoms with van der Waals surface area (Å²) in [5.74, 6) is 0.940. The van der Waals surface area contributed by atoms with Crippen molar-refractivity contribution in [2.75, 3.05) is 6.54 Å². The summed E-state index contributed by atoms with van der Waals surface area (Å²) in [6.07, 6.45) is 1.00. The molecule has 1 aromatic rings. The second-order valence-corrected chi connectivity index (χ2v) is 5.75. The van der Waals surface area contributed by atoms with Gasteiger partial charge < -0.3 is 0 Å². The lowest BCUT2D eigenvalue weighted by Crippen LogP contribution is -2.21. The minimum Gasteiger partial charge on any atom is -0.292 e. The fourth-order valence-corrected chi connectivity index (χ4v) is 2.59. The third-order valence-corrected chi connectivity index (χ3v) is 4.33. The average molecular weight is 286 g/mol. The molecule has 0 aliphatic carbocycles. The number of hydrogen-bond donors (Lipinski definition) is 0. The van der Waals surface area contributed by atoms with Crippen LogP contribution in [0.15, 0.2) is 40.3 Å². The highest BCUT2D eigenvalue weighted by atomic mass is 14.9. The van der Waals surface area contributed by atoms with Gasteiger partial charge in [-0.2, -0.15) is 0 Å². The van der Waals surface area contributed by atoms with Crippen molar-refractivity contribution in [1.82, 2.24) is 0 Å². The van der Waals surface area contributed by atoms with Crippen molar-refractivity contribution in [3.05, 3.63) is 35.9 Å². The summed E-state index contributed by atoms with van der Waals surface area (Å²) in [7, 11) is 0. The van der Waals surface area contributed by atoms with Crippen LogP contribution in [-0.2, 0) is 0 Å². The largest absolute Gasteiger partial charge is 0.292 e. The molecule has 116 valence electrons. The smallest absolute Gasteiger partial charge is 0.0844 e. The fraction of sp³-hybridized carbons (Fsp3) is 0.579. The Morgan fingerprint density at radius 3 is 2.19 bits per heavy atom. The molecule has 0 amide bonds. The predicted octanol–water partition coefficient (Wildman–Crippen LogP) is 5.15. The molecule has 2 nitrogen and oxygen atoms in total. The Kier molecular flexibility index (Phi) is 7.35. The Bertz CT molecular complexity index is 474. The van der Waals surface area contributed by atoms with E-state index in [4.69, 9.17) is 4.99 Å². The van der Waals surface area contributed by atoms with E-state index in [9.17, 15) is 0 Å². The molecule has 0 aliphatic heterocycles. The summed E-state index contributed by atoms with van der Waals surface area (Å²) in [4.78, 5) is 9.43. The summed E-state index contributed by atoms with van der Waals surface area (Å²) in [6, 6.07) is 10.9. The van der Waals surface area contributed by atoms with Gasteiger partial charge in [-0.1, -0.05) is 51.1 Å². The summed E-state index contributed by atoms with van der Waals surface area (Å²) in [6.45, 7) is 13.9. The van der Waals surface area contributed by atoms with E-state index in [1.807, 2.05) is 0 Å². The lowest BCUT2D eigenvalue weighted by atomic mass is 9.84. The topological polar surface area (TPSA) is 24.7 Å². The standard InChI is InChI=1S/C19H30N2/c1-7-19(21-17(6)16(5)20-8-2)15(4)14(3)18-12-10-9-11-13-18/h9-15,17H,7-8H2,1-6H3. The van der Waals surface area contributed by atoms with Crippen LogP contribution in [0.3, 0.4) is 0 Å². The van der Waals surface area contributed by atoms with Crippen molar-refractivity contribution in [3.63, 3.8) is 0 Å². The van der Waals surface area contributed by atoms with E-state index in [1.165, 1.54) is 11.3 Å². The van der Waals surface area contributed by atoms with Gasteiger partial charge in [-0.15, -0.1) is 0 Å². The minimum absolute atomic E-state index is 0.185. The Labute approximate surface area is 130 Å². The highest BCUT2D eigenvalue weighted by Gasteiger charge is 2.19. The zero-order valence-electron chi connectivity index (χ0n) is 14.4. The van der Waals surface area contributed by atoms with Gasteiger partial charge in [0, 0.05) is 23.9 Å². The molecule has 0 spiro atoms.